The fourth-order valence-electron chi connectivity index (χ4n) is 3.07. The van der Waals surface area contributed by atoms with Crippen molar-refractivity contribution in [3.63, 3.8) is 0 Å². The van der Waals surface area contributed by atoms with Gasteiger partial charge in [-0.25, -0.2) is 16.8 Å². The first-order chi connectivity index (χ1) is 15.2. The van der Waals surface area contributed by atoms with E-state index in [4.69, 9.17) is 0 Å². The van der Waals surface area contributed by atoms with Crippen molar-refractivity contribution >= 4 is 26.0 Å². The molecule has 34 heavy (non-hydrogen) atoms. The third-order valence-corrected chi connectivity index (χ3v) is 7.10. The van der Waals surface area contributed by atoms with Crippen LogP contribution in [0.3, 0.4) is 0 Å². The molecule has 0 spiro atoms. The molecule has 16 heteroatoms. The van der Waals surface area contributed by atoms with E-state index in [1.54, 1.807) is 6.92 Å². The van der Waals surface area contributed by atoms with Crippen LogP contribution in [0.2, 0.25) is 0 Å². The van der Waals surface area contributed by atoms with Gasteiger partial charge in [0.25, 0.3) is 0 Å². The second kappa shape index (κ2) is 14.2. The summed E-state index contributed by atoms with van der Waals surface area (Å²) in [6.45, 7) is 17.9. The van der Waals surface area contributed by atoms with E-state index in [-0.39, 0.29) is 5.91 Å². The van der Waals surface area contributed by atoms with Gasteiger partial charge in [0.15, 0.2) is 20.0 Å². The Bertz CT molecular complexity index is 797. The van der Waals surface area contributed by atoms with Gasteiger partial charge in [-0.2, -0.15) is 26.3 Å². The summed E-state index contributed by atoms with van der Waals surface area (Å²) in [6, 6.07) is 0. The molecule has 204 valence electrons. The highest BCUT2D eigenvalue weighted by Crippen LogP contribution is 2.36. The Kier molecular flexibility index (Phi) is 14.6. The molecule has 0 heterocycles. The fourth-order valence-corrected chi connectivity index (χ4v) is 4.78. The Morgan fingerprint density at radius 2 is 1.18 bits per heavy atom. The van der Waals surface area contributed by atoms with Gasteiger partial charge in [-0.3, -0.25) is 4.79 Å². The van der Waals surface area contributed by atoms with Crippen LogP contribution in [0, 0.1) is 0 Å². The predicted octanol–water partition coefficient (Wildman–Crippen LogP) is 4.17. The quantitative estimate of drug-likeness (QED) is 0.160. The number of nitrogens with one attached hydrogen (secondary N) is 1. The molecule has 0 aliphatic rings. The molecule has 0 fully saturated rings. The molecule has 1 amide bonds. The standard InChI is InChI=1S/C16H32N2O.C2F6NO4S2/c1-6-11-18(12-7-2,13-8-3)14-9-10-17-16(19)15(4)5;3-1(4,5)14(10,11)9-15(12,13)2(6,7)8/h4,6-14H2,1-3,5H3;/q;-1/p+1. The first-order valence-corrected chi connectivity index (χ1v) is 13.3. The largest absolute Gasteiger partial charge is 0.480 e. The first-order valence-electron chi connectivity index (χ1n) is 10.4. The Morgan fingerprint density at radius 1 is 0.824 bits per heavy atom. The van der Waals surface area contributed by atoms with Crippen LogP contribution in [0.4, 0.5) is 26.3 Å². The zero-order chi connectivity index (χ0) is 27.4. The third kappa shape index (κ3) is 12.4. The number of carbonyl (C=O) groups excluding carboxylic acids is 1. The third-order valence-electron chi connectivity index (χ3n) is 4.36. The topological polar surface area (TPSA) is 111 Å². The van der Waals surface area contributed by atoms with Crippen LogP contribution in [-0.2, 0) is 24.8 Å². The number of rotatable bonds is 13. The maximum atomic E-state index is 11.4. The van der Waals surface area contributed by atoms with Crippen LogP contribution in [-0.4, -0.2) is 71.0 Å². The average molecular weight is 550 g/mol. The minimum atomic E-state index is -6.72. The van der Waals surface area contributed by atoms with E-state index >= 15 is 0 Å². The lowest BCUT2D eigenvalue weighted by Crippen LogP contribution is -2.51. The minimum Gasteiger partial charge on any atom is -0.421 e. The number of amides is 1. The lowest BCUT2D eigenvalue weighted by Gasteiger charge is -2.38. The Morgan fingerprint density at radius 3 is 1.44 bits per heavy atom. The van der Waals surface area contributed by atoms with E-state index in [1.165, 1.54) is 49.9 Å². The van der Waals surface area contributed by atoms with E-state index in [1.807, 2.05) is 0 Å². The minimum absolute atomic E-state index is 0.0143. The van der Waals surface area contributed by atoms with Crippen LogP contribution in [0.15, 0.2) is 12.2 Å². The highest BCUT2D eigenvalue weighted by Gasteiger charge is 2.46. The SMILES string of the molecule is C=C(C)C(=O)NCCC[N+](CCC)(CCC)CCC.O=S(=O)([N-]S(=O)(=O)C(F)(F)F)C(F)(F)F. The molecular weight excluding hydrogens is 516 g/mol. The molecular formula is C18H33F6N3O5S2. The van der Waals surface area contributed by atoms with Gasteiger partial charge < -0.3 is 13.9 Å². The van der Waals surface area contributed by atoms with Crippen LogP contribution in [0.5, 0.6) is 0 Å². The molecule has 0 unspecified atom stereocenters. The Hall–Kier alpha value is -1.39. The molecule has 0 aromatic carbocycles. The molecule has 0 atom stereocenters. The second-order valence-corrected chi connectivity index (χ2v) is 11.0. The first kappa shape index (κ1) is 34.8. The van der Waals surface area contributed by atoms with Crippen LogP contribution < -0.4 is 5.32 Å². The van der Waals surface area contributed by atoms with E-state index in [2.05, 4.69) is 32.7 Å². The maximum Gasteiger partial charge on any atom is 0.480 e. The molecule has 0 radical (unpaired) electrons. The summed E-state index contributed by atoms with van der Waals surface area (Å²) in [7, 11) is -13.4. The van der Waals surface area contributed by atoms with Crippen molar-refractivity contribution < 1.29 is 52.5 Å². The number of carbonyl (C=O) groups is 1. The number of alkyl halides is 6. The summed E-state index contributed by atoms with van der Waals surface area (Å²) < 4.78 is 110. The van der Waals surface area contributed by atoms with Crippen molar-refractivity contribution in [3.05, 3.63) is 16.3 Å². The average Bonchev–Trinajstić information content (AvgIpc) is 2.63. The predicted molar refractivity (Wildman–Crippen MR) is 116 cm³/mol. The van der Waals surface area contributed by atoms with Gasteiger partial charge in [-0.05, 0) is 26.2 Å². The monoisotopic (exact) mass is 549 g/mol. The van der Waals surface area contributed by atoms with Crippen LogP contribution in [0.25, 0.3) is 4.13 Å². The highest BCUT2D eigenvalue weighted by molar-refractivity contribution is 8.13. The molecule has 8 nitrogen and oxygen atoms in total. The van der Waals surface area contributed by atoms with E-state index < -0.39 is 31.1 Å². The van der Waals surface area contributed by atoms with Crippen LogP contribution in [0.1, 0.15) is 53.4 Å². The zero-order valence-electron chi connectivity index (χ0n) is 19.6. The van der Waals surface area contributed by atoms with E-state index in [0.29, 0.717) is 5.57 Å². The van der Waals surface area contributed by atoms with E-state index in [0.717, 1.165) is 17.1 Å². The van der Waals surface area contributed by atoms with Gasteiger partial charge in [-0.15, -0.1) is 0 Å². The summed E-state index contributed by atoms with van der Waals surface area (Å²) in [5.41, 5.74) is -11.8. The van der Waals surface area contributed by atoms with Gasteiger partial charge in [-0.1, -0.05) is 27.4 Å². The number of nitrogens with zero attached hydrogens (tertiary/aromatic N) is 2. The molecule has 0 aromatic rings. The van der Waals surface area contributed by atoms with Crippen molar-refractivity contribution in [3.8, 4) is 0 Å². The Labute approximate surface area is 197 Å². The lowest BCUT2D eigenvalue weighted by atomic mass is 10.2. The maximum absolute atomic E-state index is 11.4. The van der Waals surface area contributed by atoms with Crippen molar-refractivity contribution in [2.45, 2.75) is 64.4 Å². The molecule has 0 bridgehead atoms. The van der Waals surface area contributed by atoms with Crippen molar-refractivity contribution in [1.29, 1.82) is 0 Å². The molecule has 0 aliphatic heterocycles. The smallest absolute Gasteiger partial charge is 0.421 e. The summed E-state index contributed by atoms with van der Waals surface area (Å²) in [6.07, 6.45) is 4.76. The molecule has 0 saturated heterocycles. The summed E-state index contributed by atoms with van der Waals surface area (Å²) in [4.78, 5) is 11.4. The van der Waals surface area contributed by atoms with Crippen molar-refractivity contribution in [1.82, 2.24) is 5.32 Å². The van der Waals surface area contributed by atoms with Gasteiger partial charge in [0.1, 0.15) is 0 Å². The number of sulfonamides is 2. The number of quaternary nitrogens is 1. The second-order valence-electron chi connectivity index (χ2n) is 7.54. The number of hydrogen-bond donors (Lipinski definition) is 1. The van der Waals surface area contributed by atoms with Gasteiger partial charge >= 0.3 is 11.0 Å². The molecule has 0 aliphatic carbocycles. The summed E-state index contributed by atoms with van der Waals surface area (Å²) >= 11 is 0. The van der Waals surface area contributed by atoms with Gasteiger partial charge in [0.05, 0.1) is 26.2 Å². The Balaban J connectivity index is 0. The fraction of sp³-hybridized carbons (Fsp3) is 0.833. The van der Waals surface area contributed by atoms with Gasteiger partial charge in [0, 0.05) is 18.5 Å². The van der Waals surface area contributed by atoms with Crippen LogP contribution >= 0.6 is 0 Å². The summed E-state index contributed by atoms with van der Waals surface area (Å²) in [5, 5.41) is 2.93. The molecule has 0 aromatic heterocycles. The number of halogens is 6. The van der Waals surface area contributed by atoms with Gasteiger partial charge in [0.2, 0.25) is 5.91 Å². The normalized spacial score (nSPS) is 13.1. The summed E-state index contributed by atoms with van der Waals surface area (Å²) in [5.74, 6) is -0.0143. The van der Waals surface area contributed by atoms with E-state index in [9.17, 15) is 48.0 Å². The molecule has 1 N–H and O–H groups in total. The zero-order valence-corrected chi connectivity index (χ0v) is 21.2. The molecule has 0 saturated carbocycles. The molecule has 0 rings (SSSR count). The lowest BCUT2D eigenvalue weighted by molar-refractivity contribution is -0.928. The number of hydrogen-bond acceptors (Lipinski definition) is 5. The van der Waals surface area contributed by atoms with Crippen molar-refractivity contribution in [2.24, 2.45) is 0 Å². The highest BCUT2D eigenvalue weighted by atomic mass is 32.3. The van der Waals surface area contributed by atoms with Crippen molar-refractivity contribution in [2.75, 3.05) is 32.7 Å².